The first-order chi connectivity index (χ1) is 8.43. The average Bonchev–Trinajstić information content (AvgIpc) is 2.95. The van der Waals surface area contributed by atoms with E-state index in [1.165, 1.54) is 0 Å². The third kappa shape index (κ3) is 2.21. The molecule has 0 saturated carbocycles. The molecule has 0 spiro atoms. The van der Waals surface area contributed by atoms with Gasteiger partial charge in [0, 0.05) is 0 Å². The highest BCUT2D eigenvalue weighted by atomic mass is 16.3. The molecule has 2 aromatic rings. The zero-order chi connectivity index (χ0) is 11.5. The van der Waals surface area contributed by atoms with Gasteiger partial charge in [0.15, 0.2) is 5.76 Å². The number of tetrazole rings is 1. The summed E-state index contributed by atoms with van der Waals surface area (Å²) in [6.45, 7) is 2.10. The smallest absolute Gasteiger partial charge is 0.240 e. The molecule has 0 aromatic carbocycles. The van der Waals surface area contributed by atoms with E-state index in [4.69, 9.17) is 4.42 Å². The van der Waals surface area contributed by atoms with E-state index in [0.29, 0.717) is 17.6 Å². The van der Waals surface area contributed by atoms with E-state index in [0.717, 1.165) is 32.4 Å². The summed E-state index contributed by atoms with van der Waals surface area (Å²) in [6, 6.07) is 4.02. The fourth-order valence-electron chi connectivity index (χ4n) is 2.12. The number of nitrogens with zero attached hydrogens (tertiary/aromatic N) is 4. The normalized spacial score (nSPS) is 21.3. The molecule has 90 valence electrons. The third-order valence-electron chi connectivity index (χ3n) is 3.04. The predicted octanol–water partition coefficient (Wildman–Crippen LogP) is 1.25. The molecule has 0 amide bonds. The summed E-state index contributed by atoms with van der Waals surface area (Å²) in [7, 11) is 0. The summed E-state index contributed by atoms with van der Waals surface area (Å²) in [5.41, 5.74) is 0. The van der Waals surface area contributed by atoms with Crippen molar-refractivity contribution in [1.82, 2.24) is 25.5 Å². The van der Waals surface area contributed by atoms with Gasteiger partial charge in [0.1, 0.15) is 0 Å². The molecule has 1 atom stereocenters. The van der Waals surface area contributed by atoms with Crippen molar-refractivity contribution >= 4 is 0 Å². The van der Waals surface area contributed by atoms with Gasteiger partial charge in [-0.1, -0.05) is 0 Å². The van der Waals surface area contributed by atoms with Crippen LogP contribution in [0.5, 0.6) is 0 Å². The lowest BCUT2D eigenvalue weighted by Gasteiger charge is -2.10. The molecule has 1 fully saturated rings. The van der Waals surface area contributed by atoms with Crippen LogP contribution in [0.25, 0.3) is 11.6 Å². The maximum Gasteiger partial charge on any atom is 0.240 e. The maximum atomic E-state index is 5.25. The Hall–Kier alpha value is -1.69. The largest absolute Gasteiger partial charge is 0.461 e. The Morgan fingerprint density at radius 3 is 3.24 bits per heavy atom. The van der Waals surface area contributed by atoms with E-state index in [1.807, 2.05) is 12.1 Å². The molecule has 2 aromatic heterocycles. The minimum Gasteiger partial charge on any atom is -0.461 e. The Labute approximate surface area is 99.0 Å². The number of furan rings is 1. The summed E-state index contributed by atoms with van der Waals surface area (Å²) in [4.78, 5) is 1.73. The number of hydrogen-bond acceptors (Lipinski definition) is 5. The summed E-state index contributed by atoms with van der Waals surface area (Å²) < 4.78 is 5.25. The zero-order valence-corrected chi connectivity index (χ0v) is 9.54. The summed E-state index contributed by atoms with van der Waals surface area (Å²) in [5.74, 6) is 1.23. The van der Waals surface area contributed by atoms with E-state index in [1.54, 1.807) is 11.1 Å². The van der Waals surface area contributed by atoms with Crippen molar-refractivity contribution in [1.29, 1.82) is 0 Å². The Bertz CT molecular complexity index is 456. The number of rotatable bonds is 2. The fraction of sp³-hybridized carbons (Fsp3) is 0.545. The van der Waals surface area contributed by atoms with Gasteiger partial charge in [0.25, 0.3) is 0 Å². The van der Waals surface area contributed by atoms with Gasteiger partial charge in [-0.25, -0.2) is 0 Å². The van der Waals surface area contributed by atoms with Crippen LogP contribution in [0.4, 0.5) is 0 Å². The second kappa shape index (κ2) is 4.67. The van der Waals surface area contributed by atoms with Crippen LogP contribution in [0, 0.1) is 0 Å². The van der Waals surface area contributed by atoms with Crippen molar-refractivity contribution < 1.29 is 4.42 Å². The maximum absolute atomic E-state index is 5.25. The van der Waals surface area contributed by atoms with Crippen molar-refractivity contribution in [3.05, 3.63) is 18.4 Å². The minimum absolute atomic E-state index is 0.348. The highest BCUT2D eigenvalue weighted by Crippen LogP contribution is 2.19. The molecule has 1 unspecified atom stereocenters. The SMILES string of the molecule is c1coc(-c2nnn(C3CCCNCC3)n2)c1. The quantitative estimate of drug-likeness (QED) is 0.845. The summed E-state index contributed by atoms with van der Waals surface area (Å²) in [6.07, 6.45) is 4.92. The average molecular weight is 233 g/mol. The molecule has 0 bridgehead atoms. The Morgan fingerprint density at radius 2 is 2.35 bits per heavy atom. The minimum atomic E-state index is 0.348. The van der Waals surface area contributed by atoms with Crippen LogP contribution >= 0.6 is 0 Å². The first-order valence-corrected chi connectivity index (χ1v) is 5.97. The highest BCUT2D eigenvalue weighted by molar-refractivity contribution is 5.43. The van der Waals surface area contributed by atoms with Crippen LogP contribution in [0.3, 0.4) is 0 Å². The van der Waals surface area contributed by atoms with Crippen LogP contribution < -0.4 is 5.32 Å². The molecular weight excluding hydrogens is 218 g/mol. The van der Waals surface area contributed by atoms with Gasteiger partial charge < -0.3 is 9.73 Å². The molecular formula is C11H15N5O. The van der Waals surface area contributed by atoms with E-state index >= 15 is 0 Å². The standard InChI is InChI=1S/C11H15N5O/c1-3-9(5-7-12-6-1)16-14-11(13-15-16)10-4-2-8-17-10/h2,4,8-9,12H,1,3,5-7H2. The Kier molecular flexibility index (Phi) is 2.87. The van der Waals surface area contributed by atoms with Crippen LogP contribution in [-0.4, -0.2) is 33.3 Å². The number of hydrogen-bond donors (Lipinski definition) is 1. The zero-order valence-electron chi connectivity index (χ0n) is 9.54. The van der Waals surface area contributed by atoms with Crippen molar-refractivity contribution in [2.45, 2.75) is 25.3 Å². The number of nitrogens with one attached hydrogen (secondary N) is 1. The lowest BCUT2D eigenvalue weighted by molar-refractivity contribution is 0.364. The lowest BCUT2D eigenvalue weighted by Crippen LogP contribution is -2.16. The molecule has 6 nitrogen and oxygen atoms in total. The van der Waals surface area contributed by atoms with Crippen LogP contribution in [0.2, 0.25) is 0 Å². The van der Waals surface area contributed by atoms with Gasteiger partial charge in [-0.15, -0.1) is 10.2 Å². The van der Waals surface area contributed by atoms with Gasteiger partial charge in [-0.3, -0.25) is 0 Å². The monoisotopic (exact) mass is 233 g/mol. The van der Waals surface area contributed by atoms with E-state index < -0.39 is 0 Å². The Balaban J connectivity index is 1.79. The van der Waals surface area contributed by atoms with Gasteiger partial charge in [-0.05, 0) is 49.7 Å². The number of aromatic nitrogens is 4. The van der Waals surface area contributed by atoms with Crippen molar-refractivity contribution in [2.24, 2.45) is 0 Å². The molecule has 1 saturated heterocycles. The lowest BCUT2D eigenvalue weighted by atomic mass is 10.1. The van der Waals surface area contributed by atoms with Crippen molar-refractivity contribution in [3.63, 3.8) is 0 Å². The summed E-state index contributed by atoms with van der Waals surface area (Å²) in [5, 5.41) is 15.9. The van der Waals surface area contributed by atoms with E-state index in [2.05, 4.69) is 20.7 Å². The molecule has 1 N–H and O–H groups in total. The topological polar surface area (TPSA) is 68.8 Å². The van der Waals surface area contributed by atoms with Crippen LogP contribution in [-0.2, 0) is 0 Å². The Morgan fingerprint density at radius 1 is 1.35 bits per heavy atom. The van der Waals surface area contributed by atoms with Gasteiger partial charge in [-0.2, -0.15) is 4.80 Å². The fourth-order valence-corrected chi connectivity index (χ4v) is 2.12. The molecule has 0 radical (unpaired) electrons. The van der Waals surface area contributed by atoms with E-state index in [9.17, 15) is 0 Å². The highest BCUT2D eigenvalue weighted by Gasteiger charge is 2.17. The van der Waals surface area contributed by atoms with Gasteiger partial charge >= 0.3 is 0 Å². The van der Waals surface area contributed by atoms with Crippen LogP contribution in [0.1, 0.15) is 25.3 Å². The third-order valence-corrected chi connectivity index (χ3v) is 3.04. The molecule has 6 heteroatoms. The second-order valence-corrected chi connectivity index (χ2v) is 4.25. The molecule has 1 aliphatic rings. The molecule has 3 rings (SSSR count). The van der Waals surface area contributed by atoms with Crippen molar-refractivity contribution in [3.8, 4) is 11.6 Å². The van der Waals surface area contributed by atoms with Gasteiger partial charge in [0.05, 0.1) is 12.3 Å². The molecule has 1 aliphatic heterocycles. The first-order valence-electron chi connectivity index (χ1n) is 5.97. The predicted molar refractivity (Wildman–Crippen MR) is 61.3 cm³/mol. The second-order valence-electron chi connectivity index (χ2n) is 4.25. The molecule has 3 heterocycles. The van der Waals surface area contributed by atoms with Crippen molar-refractivity contribution in [2.75, 3.05) is 13.1 Å². The van der Waals surface area contributed by atoms with Gasteiger partial charge in [0.2, 0.25) is 5.82 Å². The molecule has 0 aliphatic carbocycles. The van der Waals surface area contributed by atoms with Crippen LogP contribution in [0.15, 0.2) is 22.8 Å². The first kappa shape index (κ1) is 10.5. The summed E-state index contributed by atoms with van der Waals surface area (Å²) >= 11 is 0. The molecule has 17 heavy (non-hydrogen) atoms. The van der Waals surface area contributed by atoms with E-state index in [-0.39, 0.29) is 0 Å².